The number of rotatable bonds is 7. The Hall–Kier alpha value is -2.45. The Morgan fingerprint density at radius 2 is 1.76 bits per heavy atom. The molecule has 0 saturated heterocycles. The first-order chi connectivity index (χ1) is 15.7. The molecule has 2 aromatic carbocycles. The fourth-order valence-corrected chi connectivity index (χ4v) is 5.76. The van der Waals surface area contributed by atoms with Crippen LogP contribution in [0.25, 0.3) is 21.7 Å². The van der Waals surface area contributed by atoms with Crippen LogP contribution >= 0.6 is 45.9 Å². The van der Waals surface area contributed by atoms with Crippen LogP contribution in [0.15, 0.2) is 48.5 Å². The van der Waals surface area contributed by atoms with Crippen molar-refractivity contribution in [2.45, 2.75) is 20.3 Å². The van der Waals surface area contributed by atoms with Gasteiger partial charge >= 0.3 is 5.97 Å². The largest absolute Gasteiger partial charge is 0.477 e. The molecule has 0 aliphatic carbocycles. The standard InChI is InChI=1S/C24H19Cl2FN2O2S2/c1-12(2)9-20-21(14-5-8-16(25)17(26)10-14)29-24(33-20)28-18-11-19(32-22(18)23(30)31)13-3-6-15(27)7-4-13/h3-8,10-12H,9H2,1-2H3,(H,28,29)(H,30,31). The van der Waals surface area contributed by atoms with Gasteiger partial charge in [0.05, 0.1) is 21.4 Å². The summed E-state index contributed by atoms with van der Waals surface area (Å²) in [4.78, 5) is 18.6. The average Bonchev–Trinajstić information content (AvgIpc) is 3.35. The van der Waals surface area contributed by atoms with E-state index in [1.165, 1.54) is 23.5 Å². The second kappa shape index (κ2) is 9.81. The average molecular weight is 521 g/mol. The summed E-state index contributed by atoms with van der Waals surface area (Å²) in [5, 5.41) is 14.4. The molecule has 0 fully saturated rings. The van der Waals surface area contributed by atoms with Crippen molar-refractivity contribution in [1.29, 1.82) is 0 Å². The maximum Gasteiger partial charge on any atom is 0.348 e. The van der Waals surface area contributed by atoms with E-state index < -0.39 is 5.97 Å². The van der Waals surface area contributed by atoms with E-state index in [0.717, 1.165) is 44.3 Å². The number of thiazole rings is 1. The van der Waals surface area contributed by atoms with Crippen LogP contribution in [0.3, 0.4) is 0 Å². The van der Waals surface area contributed by atoms with Crippen molar-refractivity contribution in [1.82, 2.24) is 4.98 Å². The van der Waals surface area contributed by atoms with Crippen LogP contribution < -0.4 is 5.32 Å². The predicted octanol–water partition coefficient (Wildman–Crippen LogP) is 8.62. The lowest BCUT2D eigenvalue weighted by Crippen LogP contribution is -1.98. The number of benzene rings is 2. The summed E-state index contributed by atoms with van der Waals surface area (Å²) in [7, 11) is 0. The van der Waals surface area contributed by atoms with E-state index in [2.05, 4.69) is 19.2 Å². The monoisotopic (exact) mass is 520 g/mol. The third-order valence-electron chi connectivity index (χ3n) is 4.78. The zero-order valence-corrected chi connectivity index (χ0v) is 20.8. The lowest BCUT2D eigenvalue weighted by Gasteiger charge is -2.06. The Morgan fingerprint density at radius 3 is 2.39 bits per heavy atom. The minimum Gasteiger partial charge on any atom is -0.477 e. The van der Waals surface area contributed by atoms with Gasteiger partial charge in [0.25, 0.3) is 0 Å². The number of nitrogens with one attached hydrogen (secondary N) is 1. The zero-order chi connectivity index (χ0) is 23.7. The third kappa shape index (κ3) is 5.38. The minimum absolute atomic E-state index is 0.158. The molecule has 0 radical (unpaired) electrons. The van der Waals surface area contributed by atoms with Gasteiger partial charge in [0.2, 0.25) is 0 Å². The van der Waals surface area contributed by atoms with E-state index in [9.17, 15) is 14.3 Å². The van der Waals surface area contributed by atoms with Crippen molar-refractivity contribution < 1.29 is 14.3 Å². The van der Waals surface area contributed by atoms with E-state index in [4.69, 9.17) is 28.2 Å². The number of halogens is 3. The summed E-state index contributed by atoms with van der Waals surface area (Å²) in [6.07, 6.45) is 0.811. The van der Waals surface area contributed by atoms with Gasteiger partial charge in [-0.3, -0.25) is 0 Å². The Balaban J connectivity index is 1.72. The summed E-state index contributed by atoms with van der Waals surface area (Å²) in [6, 6.07) is 13.1. The maximum absolute atomic E-state index is 13.3. The van der Waals surface area contributed by atoms with Crippen molar-refractivity contribution in [3.05, 3.63) is 74.1 Å². The first kappa shape index (κ1) is 23.7. The van der Waals surface area contributed by atoms with Crippen LogP contribution in [-0.2, 0) is 6.42 Å². The molecule has 0 aliphatic rings. The van der Waals surface area contributed by atoms with E-state index in [1.54, 1.807) is 30.3 Å². The minimum atomic E-state index is -1.04. The molecule has 0 amide bonds. The van der Waals surface area contributed by atoms with Crippen LogP contribution in [0.1, 0.15) is 28.4 Å². The van der Waals surface area contributed by atoms with Gasteiger partial charge in [-0.15, -0.1) is 22.7 Å². The van der Waals surface area contributed by atoms with Crippen LogP contribution in [0.4, 0.5) is 15.2 Å². The summed E-state index contributed by atoms with van der Waals surface area (Å²) < 4.78 is 13.3. The Kier molecular flexibility index (Phi) is 7.05. The SMILES string of the molecule is CC(C)Cc1sc(Nc2cc(-c3ccc(F)cc3)sc2C(=O)O)nc1-c1ccc(Cl)c(Cl)c1. The molecule has 4 rings (SSSR count). The fraction of sp³-hybridized carbons (Fsp3) is 0.167. The molecule has 0 aliphatic heterocycles. The highest BCUT2D eigenvalue weighted by Gasteiger charge is 2.20. The van der Waals surface area contributed by atoms with Gasteiger partial charge in [-0.25, -0.2) is 14.2 Å². The first-order valence-corrected chi connectivity index (χ1v) is 12.5. The van der Waals surface area contributed by atoms with Crippen molar-refractivity contribution in [3.8, 4) is 21.7 Å². The number of hydrogen-bond acceptors (Lipinski definition) is 5. The highest BCUT2D eigenvalue weighted by molar-refractivity contribution is 7.18. The van der Waals surface area contributed by atoms with Crippen LogP contribution in [-0.4, -0.2) is 16.1 Å². The molecule has 170 valence electrons. The lowest BCUT2D eigenvalue weighted by atomic mass is 10.0. The van der Waals surface area contributed by atoms with Gasteiger partial charge in [-0.2, -0.15) is 0 Å². The normalized spacial score (nSPS) is 11.2. The van der Waals surface area contributed by atoms with Gasteiger partial charge in [0.1, 0.15) is 10.7 Å². The summed E-state index contributed by atoms with van der Waals surface area (Å²) in [5.41, 5.74) is 2.83. The third-order valence-corrected chi connectivity index (χ3v) is 7.68. The number of anilines is 2. The molecule has 2 aromatic heterocycles. The quantitative estimate of drug-likeness (QED) is 0.256. The molecular weight excluding hydrogens is 502 g/mol. The van der Waals surface area contributed by atoms with E-state index >= 15 is 0 Å². The fourth-order valence-electron chi connectivity index (χ4n) is 3.30. The Labute approximate surface area is 208 Å². The zero-order valence-electron chi connectivity index (χ0n) is 17.7. The molecule has 0 spiro atoms. The first-order valence-electron chi connectivity index (χ1n) is 10.1. The van der Waals surface area contributed by atoms with Crippen LogP contribution in [0.5, 0.6) is 0 Å². The summed E-state index contributed by atoms with van der Waals surface area (Å²) >= 11 is 14.9. The number of carboxylic acids is 1. The highest BCUT2D eigenvalue weighted by atomic mass is 35.5. The van der Waals surface area contributed by atoms with Crippen LogP contribution in [0, 0.1) is 11.7 Å². The van der Waals surface area contributed by atoms with Crippen molar-refractivity contribution >= 4 is 62.7 Å². The van der Waals surface area contributed by atoms with Gasteiger partial charge < -0.3 is 10.4 Å². The van der Waals surface area contributed by atoms with Crippen molar-refractivity contribution in [3.63, 3.8) is 0 Å². The molecule has 0 unspecified atom stereocenters. The van der Waals surface area contributed by atoms with Crippen LogP contribution in [0.2, 0.25) is 10.0 Å². The summed E-state index contributed by atoms with van der Waals surface area (Å²) in [6.45, 7) is 4.25. The number of hydrogen-bond donors (Lipinski definition) is 2. The lowest BCUT2D eigenvalue weighted by molar-refractivity contribution is 0.0703. The molecule has 0 bridgehead atoms. The van der Waals surface area contributed by atoms with E-state index in [-0.39, 0.29) is 10.7 Å². The number of carbonyl (C=O) groups is 1. The molecule has 2 heterocycles. The Bertz CT molecular complexity index is 1320. The Morgan fingerprint density at radius 1 is 1.06 bits per heavy atom. The van der Waals surface area contributed by atoms with Crippen molar-refractivity contribution in [2.24, 2.45) is 5.92 Å². The molecule has 2 N–H and O–H groups in total. The number of carboxylic acid groups (broad SMARTS) is 1. The van der Waals surface area contributed by atoms with Gasteiger partial charge in [-0.1, -0.05) is 55.2 Å². The van der Waals surface area contributed by atoms with Gasteiger partial charge in [-0.05, 0) is 48.2 Å². The number of aromatic nitrogens is 1. The van der Waals surface area contributed by atoms with E-state index in [1.807, 2.05) is 6.07 Å². The molecule has 4 nitrogen and oxygen atoms in total. The summed E-state index contributed by atoms with van der Waals surface area (Å²) in [5.74, 6) is -0.984. The number of aromatic carboxylic acids is 1. The molecule has 9 heteroatoms. The highest BCUT2D eigenvalue weighted by Crippen LogP contribution is 2.40. The topological polar surface area (TPSA) is 62.2 Å². The van der Waals surface area contributed by atoms with Gasteiger partial charge in [0.15, 0.2) is 5.13 Å². The molecule has 0 saturated carbocycles. The second-order valence-corrected chi connectivity index (χ2v) is 10.8. The second-order valence-electron chi connectivity index (χ2n) is 7.81. The number of nitrogens with zero attached hydrogens (tertiary/aromatic N) is 1. The maximum atomic E-state index is 13.3. The molecule has 0 atom stereocenters. The van der Waals surface area contributed by atoms with Crippen molar-refractivity contribution in [2.75, 3.05) is 5.32 Å². The molecule has 33 heavy (non-hydrogen) atoms. The van der Waals surface area contributed by atoms with Gasteiger partial charge in [0, 0.05) is 15.3 Å². The smallest absolute Gasteiger partial charge is 0.348 e. The predicted molar refractivity (Wildman–Crippen MR) is 136 cm³/mol. The van der Waals surface area contributed by atoms with E-state index in [0.29, 0.717) is 26.8 Å². The number of thiophene rings is 1. The molecular formula is C24H19Cl2FN2O2S2. The molecule has 4 aromatic rings.